The van der Waals surface area contributed by atoms with Crippen molar-refractivity contribution in [1.29, 1.82) is 0 Å². The second-order valence-corrected chi connectivity index (χ2v) is 9.99. The Morgan fingerprint density at radius 1 is 1.00 bits per heavy atom. The predicted molar refractivity (Wildman–Crippen MR) is 135 cm³/mol. The standard InChI is InChI=1S/C28H31N3O3/c1-18-12-14-20(15-13-18)16-30(19(2)26(33)29-28(3,4)5)24(32)17-31-23-11-7-9-21-8-6-10-22(25(21)23)27(31)34/h6-15,19H,16-17H2,1-5H3,(H,29,33)/t19-/m1/s1. The van der Waals surface area contributed by atoms with Gasteiger partial charge in [-0.3, -0.25) is 19.3 Å². The zero-order valence-corrected chi connectivity index (χ0v) is 20.4. The van der Waals surface area contributed by atoms with Gasteiger partial charge in [-0.2, -0.15) is 0 Å². The van der Waals surface area contributed by atoms with E-state index in [1.54, 1.807) is 17.9 Å². The number of aryl methyl sites for hydroxylation is 1. The smallest absolute Gasteiger partial charge is 0.259 e. The molecule has 3 aromatic carbocycles. The SMILES string of the molecule is Cc1ccc(CN(C(=O)CN2C(=O)c3cccc4cccc2c34)[C@H](C)C(=O)NC(C)(C)C)cc1. The van der Waals surface area contributed by atoms with Crippen molar-refractivity contribution in [3.8, 4) is 0 Å². The fourth-order valence-corrected chi connectivity index (χ4v) is 4.31. The highest BCUT2D eigenvalue weighted by Gasteiger charge is 2.34. The number of nitrogens with one attached hydrogen (secondary N) is 1. The first kappa shape index (κ1) is 23.5. The first-order valence-electron chi connectivity index (χ1n) is 11.6. The molecule has 4 rings (SSSR count). The van der Waals surface area contributed by atoms with E-state index >= 15 is 0 Å². The van der Waals surface area contributed by atoms with Gasteiger partial charge in [0.1, 0.15) is 12.6 Å². The molecule has 6 nitrogen and oxygen atoms in total. The molecule has 6 heteroatoms. The van der Waals surface area contributed by atoms with Crippen LogP contribution in [0.5, 0.6) is 0 Å². The van der Waals surface area contributed by atoms with Crippen LogP contribution in [0, 0.1) is 6.92 Å². The van der Waals surface area contributed by atoms with Crippen molar-refractivity contribution in [1.82, 2.24) is 10.2 Å². The zero-order valence-electron chi connectivity index (χ0n) is 20.4. The summed E-state index contributed by atoms with van der Waals surface area (Å²) in [6.45, 7) is 9.60. The zero-order chi connectivity index (χ0) is 24.6. The van der Waals surface area contributed by atoms with Gasteiger partial charge >= 0.3 is 0 Å². The molecule has 1 atom stereocenters. The molecule has 0 bridgehead atoms. The number of nitrogens with zero attached hydrogens (tertiary/aromatic N) is 2. The van der Waals surface area contributed by atoms with Gasteiger partial charge in [-0.05, 0) is 57.7 Å². The molecule has 0 spiro atoms. The monoisotopic (exact) mass is 457 g/mol. The Kier molecular flexibility index (Phi) is 6.17. The fourth-order valence-electron chi connectivity index (χ4n) is 4.31. The highest BCUT2D eigenvalue weighted by Crippen LogP contribution is 2.37. The van der Waals surface area contributed by atoms with Crippen LogP contribution in [0.25, 0.3) is 10.8 Å². The molecule has 0 aromatic heterocycles. The lowest BCUT2D eigenvalue weighted by Crippen LogP contribution is -2.54. The third-order valence-corrected chi connectivity index (χ3v) is 6.08. The number of anilines is 1. The van der Waals surface area contributed by atoms with Crippen LogP contribution < -0.4 is 10.2 Å². The molecule has 0 aliphatic carbocycles. The first-order valence-corrected chi connectivity index (χ1v) is 11.6. The Balaban J connectivity index is 1.63. The highest BCUT2D eigenvalue weighted by atomic mass is 16.2. The lowest BCUT2D eigenvalue weighted by molar-refractivity contribution is -0.140. The van der Waals surface area contributed by atoms with Crippen molar-refractivity contribution >= 4 is 34.2 Å². The fraction of sp³-hybridized carbons (Fsp3) is 0.321. The van der Waals surface area contributed by atoms with Crippen LogP contribution in [0.2, 0.25) is 0 Å². The minimum absolute atomic E-state index is 0.133. The maximum atomic E-state index is 13.6. The normalized spacial score (nSPS) is 13.8. The number of hydrogen-bond acceptors (Lipinski definition) is 3. The van der Waals surface area contributed by atoms with Crippen molar-refractivity contribution in [3.63, 3.8) is 0 Å². The third-order valence-electron chi connectivity index (χ3n) is 6.08. The molecule has 0 fully saturated rings. The van der Waals surface area contributed by atoms with Crippen molar-refractivity contribution in [3.05, 3.63) is 77.4 Å². The van der Waals surface area contributed by atoms with Crippen LogP contribution >= 0.6 is 0 Å². The van der Waals surface area contributed by atoms with Gasteiger partial charge in [0.2, 0.25) is 11.8 Å². The highest BCUT2D eigenvalue weighted by molar-refractivity contribution is 6.26. The molecule has 3 amide bonds. The van der Waals surface area contributed by atoms with Crippen LogP contribution in [0.3, 0.4) is 0 Å². The predicted octanol–water partition coefficient (Wildman–Crippen LogP) is 4.44. The molecule has 0 saturated carbocycles. The second kappa shape index (κ2) is 8.93. The quantitative estimate of drug-likeness (QED) is 0.595. The van der Waals surface area contributed by atoms with Crippen molar-refractivity contribution < 1.29 is 14.4 Å². The molecule has 0 radical (unpaired) electrons. The van der Waals surface area contributed by atoms with E-state index in [2.05, 4.69) is 5.32 Å². The summed E-state index contributed by atoms with van der Waals surface area (Å²) in [5.41, 5.74) is 2.95. The summed E-state index contributed by atoms with van der Waals surface area (Å²) >= 11 is 0. The summed E-state index contributed by atoms with van der Waals surface area (Å²) in [5.74, 6) is -0.705. The number of carbonyl (C=O) groups is 3. The van der Waals surface area contributed by atoms with Gasteiger partial charge in [0.05, 0.1) is 5.69 Å². The molecule has 176 valence electrons. The maximum absolute atomic E-state index is 13.6. The van der Waals surface area contributed by atoms with Gasteiger partial charge in [-0.25, -0.2) is 0 Å². The molecule has 1 aliphatic heterocycles. The Morgan fingerprint density at radius 2 is 1.65 bits per heavy atom. The maximum Gasteiger partial charge on any atom is 0.259 e. The van der Waals surface area contributed by atoms with Crippen molar-refractivity contribution in [2.75, 3.05) is 11.4 Å². The van der Waals surface area contributed by atoms with E-state index in [0.29, 0.717) is 5.56 Å². The molecule has 1 aliphatic rings. The van der Waals surface area contributed by atoms with Gasteiger partial charge in [-0.1, -0.05) is 54.1 Å². The Hall–Kier alpha value is -3.67. The molecular weight excluding hydrogens is 426 g/mol. The van der Waals surface area contributed by atoms with E-state index in [-0.39, 0.29) is 30.8 Å². The molecule has 34 heavy (non-hydrogen) atoms. The van der Waals surface area contributed by atoms with E-state index < -0.39 is 11.6 Å². The third kappa shape index (κ3) is 4.67. The number of hydrogen-bond donors (Lipinski definition) is 1. The molecule has 0 unspecified atom stereocenters. The first-order chi connectivity index (χ1) is 16.0. The molecular formula is C28H31N3O3. The van der Waals surface area contributed by atoms with Gasteiger partial charge in [0.25, 0.3) is 5.91 Å². The summed E-state index contributed by atoms with van der Waals surface area (Å²) in [5, 5.41) is 4.80. The molecule has 0 saturated heterocycles. The molecule has 1 N–H and O–H groups in total. The van der Waals surface area contributed by atoms with Crippen LogP contribution in [-0.2, 0) is 16.1 Å². The molecule has 3 aromatic rings. The largest absolute Gasteiger partial charge is 0.350 e. The number of rotatable bonds is 6. The van der Waals surface area contributed by atoms with E-state index in [9.17, 15) is 14.4 Å². The van der Waals surface area contributed by atoms with Crippen LogP contribution in [0.4, 0.5) is 5.69 Å². The summed E-state index contributed by atoms with van der Waals surface area (Å²) < 4.78 is 0. The summed E-state index contributed by atoms with van der Waals surface area (Å²) in [6, 6.07) is 18.5. The number of carbonyl (C=O) groups excluding carboxylic acids is 3. The van der Waals surface area contributed by atoms with Gasteiger partial charge in [0, 0.05) is 23.0 Å². The van der Waals surface area contributed by atoms with Crippen molar-refractivity contribution in [2.24, 2.45) is 0 Å². The Morgan fingerprint density at radius 3 is 2.29 bits per heavy atom. The van der Waals surface area contributed by atoms with E-state index in [1.165, 1.54) is 4.90 Å². The lowest BCUT2D eigenvalue weighted by Gasteiger charge is -2.32. The Bertz CT molecular complexity index is 1250. The van der Waals surface area contributed by atoms with E-state index in [0.717, 1.165) is 27.6 Å². The van der Waals surface area contributed by atoms with Crippen LogP contribution in [-0.4, -0.2) is 40.7 Å². The van der Waals surface area contributed by atoms with Crippen molar-refractivity contribution in [2.45, 2.75) is 52.7 Å². The summed E-state index contributed by atoms with van der Waals surface area (Å²) in [4.78, 5) is 42.9. The lowest BCUT2D eigenvalue weighted by atomic mass is 10.1. The summed E-state index contributed by atoms with van der Waals surface area (Å²) in [7, 11) is 0. The van der Waals surface area contributed by atoms with Gasteiger partial charge in [0.15, 0.2) is 0 Å². The van der Waals surface area contributed by atoms with Gasteiger partial charge in [-0.15, -0.1) is 0 Å². The number of amides is 3. The van der Waals surface area contributed by atoms with Gasteiger partial charge < -0.3 is 10.2 Å². The topological polar surface area (TPSA) is 69.7 Å². The minimum Gasteiger partial charge on any atom is -0.350 e. The average Bonchev–Trinajstić information content (AvgIpc) is 3.05. The number of benzene rings is 3. The van der Waals surface area contributed by atoms with Crippen LogP contribution in [0.15, 0.2) is 60.7 Å². The molecule has 1 heterocycles. The van der Waals surface area contributed by atoms with E-state index in [1.807, 2.05) is 82.3 Å². The van der Waals surface area contributed by atoms with E-state index in [4.69, 9.17) is 0 Å². The minimum atomic E-state index is -0.705. The second-order valence-electron chi connectivity index (χ2n) is 9.99. The van der Waals surface area contributed by atoms with Crippen LogP contribution in [0.1, 0.15) is 49.2 Å². The average molecular weight is 458 g/mol. The summed E-state index contributed by atoms with van der Waals surface area (Å²) in [6.07, 6.45) is 0. The Labute approximate surface area is 200 Å².